The SMILES string of the molecule is CCCC=CP(=O)(C=CCCC)C=CCCC. The van der Waals surface area contributed by atoms with Gasteiger partial charge in [0.15, 0.2) is 0 Å². The molecular weight excluding hydrogens is 227 g/mol. The van der Waals surface area contributed by atoms with Gasteiger partial charge in [-0.25, -0.2) is 0 Å². The molecule has 0 heterocycles. The van der Waals surface area contributed by atoms with E-state index in [2.05, 4.69) is 20.8 Å². The van der Waals surface area contributed by atoms with Gasteiger partial charge < -0.3 is 4.57 Å². The Morgan fingerprint density at radius 2 is 1.00 bits per heavy atom. The van der Waals surface area contributed by atoms with Crippen molar-refractivity contribution >= 4 is 7.14 Å². The fourth-order valence-corrected chi connectivity index (χ4v) is 3.10. The highest BCUT2D eigenvalue weighted by Crippen LogP contribution is 2.51. The van der Waals surface area contributed by atoms with Gasteiger partial charge in [-0.3, -0.25) is 0 Å². The van der Waals surface area contributed by atoms with E-state index in [1.807, 2.05) is 35.7 Å². The Morgan fingerprint density at radius 3 is 1.24 bits per heavy atom. The van der Waals surface area contributed by atoms with Crippen molar-refractivity contribution in [3.8, 4) is 0 Å². The van der Waals surface area contributed by atoms with E-state index in [0.29, 0.717) is 0 Å². The Hall–Kier alpha value is -0.550. The van der Waals surface area contributed by atoms with Crippen LogP contribution in [0.25, 0.3) is 0 Å². The monoisotopic (exact) mass is 254 g/mol. The van der Waals surface area contributed by atoms with Crippen LogP contribution in [0.4, 0.5) is 0 Å². The molecule has 0 bridgehead atoms. The molecule has 2 heteroatoms. The lowest BCUT2D eigenvalue weighted by atomic mass is 10.3. The predicted octanol–water partition coefficient (Wildman–Crippen LogP) is 6.29. The van der Waals surface area contributed by atoms with Gasteiger partial charge in [-0.2, -0.15) is 0 Å². The maximum Gasteiger partial charge on any atom is 0.149 e. The third kappa shape index (κ3) is 9.18. The fourth-order valence-electron chi connectivity index (χ4n) is 1.37. The van der Waals surface area contributed by atoms with Gasteiger partial charge in [0.1, 0.15) is 7.14 Å². The molecule has 0 saturated heterocycles. The normalized spacial score (nSPS) is 16.2. The standard InChI is InChI=1S/C15H27OP/c1-4-7-10-13-17(16,14-11-8-5-2)15-12-9-6-3/h10-15H,4-9H2,1-3H3. The molecule has 0 saturated carbocycles. The summed E-state index contributed by atoms with van der Waals surface area (Å²) in [6.07, 6.45) is 12.5. The Bertz CT molecular complexity index is 252. The second-order valence-corrected chi connectivity index (χ2v) is 6.71. The fraction of sp³-hybridized carbons (Fsp3) is 0.600. The molecule has 0 atom stereocenters. The first-order valence-electron chi connectivity index (χ1n) is 6.80. The number of allylic oxidation sites excluding steroid dienone is 3. The van der Waals surface area contributed by atoms with Crippen LogP contribution in [-0.2, 0) is 4.57 Å². The largest absolute Gasteiger partial charge is 0.311 e. The van der Waals surface area contributed by atoms with Crippen LogP contribution >= 0.6 is 7.14 Å². The lowest BCUT2D eigenvalue weighted by molar-refractivity contribution is 0.591. The molecule has 0 rings (SSSR count). The van der Waals surface area contributed by atoms with Gasteiger partial charge in [-0.1, -0.05) is 58.3 Å². The summed E-state index contributed by atoms with van der Waals surface area (Å²) >= 11 is 0. The van der Waals surface area contributed by atoms with E-state index >= 15 is 0 Å². The first-order valence-corrected chi connectivity index (χ1v) is 8.72. The average molecular weight is 254 g/mol. The maximum absolute atomic E-state index is 12.6. The summed E-state index contributed by atoms with van der Waals surface area (Å²) in [7, 11) is -2.35. The van der Waals surface area contributed by atoms with Crippen LogP contribution in [0.1, 0.15) is 59.3 Å². The van der Waals surface area contributed by atoms with Crippen molar-refractivity contribution in [3.05, 3.63) is 35.7 Å². The third-order valence-corrected chi connectivity index (χ3v) is 4.41. The van der Waals surface area contributed by atoms with Crippen LogP contribution in [0.15, 0.2) is 35.7 Å². The molecule has 0 aliphatic rings. The summed E-state index contributed by atoms with van der Waals surface area (Å²) in [6.45, 7) is 6.40. The predicted molar refractivity (Wildman–Crippen MR) is 79.8 cm³/mol. The summed E-state index contributed by atoms with van der Waals surface area (Å²) in [4.78, 5) is 0. The summed E-state index contributed by atoms with van der Waals surface area (Å²) in [5, 5.41) is 0. The topological polar surface area (TPSA) is 17.1 Å². The summed E-state index contributed by atoms with van der Waals surface area (Å²) in [6, 6.07) is 0. The van der Waals surface area contributed by atoms with Crippen molar-refractivity contribution in [2.45, 2.75) is 59.3 Å². The van der Waals surface area contributed by atoms with Crippen LogP contribution in [-0.4, -0.2) is 0 Å². The van der Waals surface area contributed by atoms with E-state index in [-0.39, 0.29) is 0 Å². The first-order chi connectivity index (χ1) is 8.18. The van der Waals surface area contributed by atoms with Gasteiger partial charge in [0.2, 0.25) is 0 Å². The summed E-state index contributed by atoms with van der Waals surface area (Å²) in [5.74, 6) is 5.69. The molecule has 0 N–H and O–H groups in total. The van der Waals surface area contributed by atoms with E-state index in [9.17, 15) is 4.57 Å². The smallest absolute Gasteiger partial charge is 0.149 e. The van der Waals surface area contributed by atoms with E-state index in [1.165, 1.54) is 0 Å². The molecule has 0 spiro atoms. The molecule has 98 valence electrons. The van der Waals surface area contributed by atoms with Crippen molar-refractivity contribution in [3.63, 3.8) is 0 Å². The van der Waals surface area contributed by atoms with Gasteiger partial charge in [0.05, 0.1) is 0 Å². The van der Waals surface area contributed by atoms with Crippen LogP contribution in [0, 0.1) is 0 Å². The quantitative estimate of drug-likeness (QED) is 0.442. The lowest BCUT2D eigenvalue weighted by Gasteiger charge is -2.03. The first kappa shape index (κ1) is 16.4. The molecule has 1 nitrogen and oxygen atoms in total. The van der Waals surface area contributed by atoms with Crippen molar-refractivity contribution in [2.24, 2.45) is 0 Å². The molecule has 0 fully saturated rings. The molecule has 0 aromatic heterocycles. The maximum atomic E-state index is 12.6. The summed E-state index contributed by atoms with van der Waals surface area (Å²) < 4.78 is 12.6. The van der Waals surface area contributed by atoms with Crippen molar-refractivity contribution < 1.29 is 4.57 Å². The van der Waals surface area contributed by atoms with Crippen molar-refractivity contribution in [2.75, 3.05) is 0 Å². The Balaban J connectivity index is 4.62. The van der Waals surface area contributed by atoms with Gasteiger partial charge in [0, 0.05) is 0 Å². The second kappa shape index (κ2) is 10.6. The highest BCUT2D eigenvalue weighted by Gasteiger charge is 2.08. The van der Waals surface area contributed by atoms with E-state index < -0.39 is 7.14 Å². The third-order valence-electron chi connectivity index (χ3n) is 2.38. The molecule has 0 aromatic carbocycles. The highest BCUT2D eigenvalue weighted by atomic mass is 31.2. The zero-order valence-electron chi connectivity index (χ0n) is 11.6. The van der Waals surface area contributed by atoms with Crippen LogP contribution < -0.4 is 0 Å². The van der Waals surface area contributed by atoms with Crippen LogP contribution in [0.5, 0.6) is 0 Å². The Kier molecular flexibility index (Phi) is 10.3. The van der Waals surface area contributed by atoms with Gasteiger partial charge >= 0.3 is 0 Å². The lowest BCUT2D eigenvalue weighted by Crippen LogP contribution is -1.71. The molecule has 0 aliphatic carbocycles. The van der Waals surface area contributed by atoms with Crippen molar-refractivity contribution in [1.82, 2.24) is 0 Å². The van der Waals surface area contributed by atoms with Gasteiger partial charge in [-0.15, -0.1) is 0 Å². The van der Waals surface area contributed by atoms with Crippen molar-refractivity contribution in [1.29, 1.82) is 0 Å². The number of rotatable bonds is 9. The number of hydrogen-bond acceptors (Lipinski definition) is 1. The minimum absolute atomic E-state index is 1.01. The molecule has 0 aromatic rings. The van der Waals surface area contributed by atoms with Crippen LogP contribution in [0.3, 0.4) is 0 Å². The Morgan fingerprint density at radius 1 is 0.706 bits per heavy atom. The average Bonchev–Trinajstić information content (AvgIpc) is 2.30. The van der Waals surface area contributed by atoms with Gasteiger partial charge in [-0.05, 0) is 36.7 Å². The number of unbranched alkanes of at least 4 members (excludes halogenated alkanes) is 3. The summed E-state index contributed by atoms with van der Waals surface area (Å²) in [5.41, 5.74) is 0. The highest BCUT2D eigenvalue weighted by molar-refractivity contribution is 7.73. The number of hydrogen-bond donors (Lipinski definition) is 0. The molecule has 0 radical (unpaired) electrons. The molecule has 17 heavy (non-hydrogen) atoms. The zero-order chi connectivity index (χ0) is 13.0. The molecular formula is C15H27OP. The minimum atomic E-state index is -2.35. The van der Waals surface area contributed by atoms with E-state index in [4.69, 9.17) is 0 Å². The van der Waals surface area contributed by atoms with E-state index in [1.54, 1.807) is 0 Å². The minimum Gasteiger partial charge on any atom is -0.311 e. The molecule has 0 aliphatic heterocycles. The zero-order valence-corrected chi connectivity index (χ0v) is 12.5. The Labute approximate surface area is 107 Å². The van der Waals surface area contributed by atoms with E-state index in [0.717, 1.165) is 38.5 Å². The van der Waals surface area contributed by atoms with Crippen LogP contribution in [0.2, 0.25) is 0 Å². The molecule has 0 amide bonds. The molecule has 0 unspecified atom stereocenters. The second-order valence-electron chi connectivity index (χ2n) is 4.28. The van der Waals surface area contributed by atoms with Gasteiger partial charge in [0.25, 0.3) is 0 Å².